The van der Waals surface area contributed by atoms with Gasteiger partial charge in [0.25, 0.3) is 22.2 Å². The highest BCUT2D eigenvalue weighted by Gasteiger charge is 2.24. The third-order valence-corrected chi connectivity index (χ3v) is 6.29. The van der Waals surface area contributed by atoms with Crippen LogP contribution in [0.15, 0.2) is 92.0 Å². The Balaban J connectivity index is 1.75. The molecule has 0 aliphatic rings. The Morgan fingerprint density at radius 3 is 1.06 bits per heavy atom. The maximum atomic E-state index is 13.1. The summed E-state index contributed by atoms with van der Waals surface area (Å²) in [5.74, 6) is 0. The molecule has 0 saturated carbocycles. The Hall–Kier alpha value is -4.06. The topological polar surface area (TPSA) is 78.1 Å². The predicted octanol–water partition coefficient (Wildman–Crippen LogP) is 3.13. The van der Waals surface area contributed by atoms with Crippen molar-refractivity contribution in [2.24, 2.45) is 0 Å². The molecule has 2 atom stereocenters. The van der Waals surface area contributed by atoms with Gasteiger partial charge in [-0.3, -0.25) is 28.3 Å². The van der Waals surface area contributed by atoms with Gasteiger partial charge in [-0.15, -0.1) is 0 Å². The average Bonchev–Trinajstić information content (AvgIpc) is 3.22. The highest BCUT2D eigenvalue weighted by Crippen LogP contribution is 2.21. The molecule has 2 aromatic heterocycles. The van der Waals surface area contributed by atoms with Gasteiger partial charge in [-0.1, -0.05) is 60.7 Å². The molecule has 0 fully saturated rings. The maximum absolute atomic E-state index is 13.1. The summed E-state index contributed by atoms with van der Waals surface area (Å²) in [7, 11) is 0. The van der Waals surface area contributed by atoms with E-state index in [1.807, 2.05) is 60.7 Å². The molecular weight excluding hydrogens is 404 g/mol. The predicted molar refractivity (Wildman–Crippen MR) is 125 cm³/mol. The van der Waals surface area contributed by atoms with Crippen LogP contribution in [0.4, 0.5) is 0 Å². The number of hydrogen-bond donors (Lipinski definition) is 0. The zero-order chi connectivity index (χ0) is 22.6. The van der Waals surface area contributed by atoms with Crippen molar-refractivity contribution < 1.29 is 0 Å². The molecule has 32 heavy (non-hydrogen) atoms. The van der Waals surface area contributed by atoms with Crippen LogP contribution in [-0.4, -0.2) is 9.13 Å². The lowest BCUT2D eigenvalue weighted by molar-refractivity contribution is 0.609. The SMILES string of the molecule is C[C@H](c1ccccc1)n1c(=O)c2cc3c(=O)n([C@@H](C)c4ccccc4)c(=O)c3cc2c1=O. The van der Waals surface area contributed by atoms with Crippen LogP contribution in [0.2, 0.25) is 0 Å². The normalized spacial score (nSPS) is 13.6. The first-order chi connectivity index (χ1) is 15.4. The van der Waals surface area contributed by atoms with Crippen molar-refractivity contribution >= 4 is 21.5 Å². The molecule has 0 spiro atoms. The van der Waals surface area contributed by atoms with E-state index in [2.05, 4.69) is 0 Å². The fourth-order valence-electron chi connectivity index (χ4n) is 4.48. The summed E-state index contributed by atoms with van der Waals surface area (Å²) in [6, 6.07) is 20.4. The summed E-state index contributed by atoms with van der Waals surface area (Å²) in [4.78, 5) is 52.6. The van der Waals surface area contributed by atoms with E-state index in [9.17, 15) is 19.2 Å². The molecule has 0 radical (unpaired) electrons. The Bertz CT molecular complexity index is 1470. The molecule has 0 bridgehead atoms. The van der Waals surface area contributed by atoms with E-state index in [1.54, 1.807) is 13.8 Å². The Kier molecular flexibility index (Phi) is 4.51. The number of aromatic nitrogens is 2. The van der Waals surface area contributed by atoms with E-state index in [1.165, 1.54) is 21.3 Å². The molecule has 0 unspecified atom stereocenters. The van der Waals surface area contributed by atoms with E-state index in [-0.39, 0.29) is 21.5 Å². The monoisotopic (exact) mass is 424 g/mol. The molecule has 0 N–H and O–H groups in total. The Morgan fingerprint density at radius 2 is 0.781 bits per heavy atom. The second-order valence-corrected chi connectivity index (χ2v) is 8.08. The van der Waals surface area contributed by atoms with Crippen LogP contribution in [0.5, 0.6) is 0 Å². The van der Waals surface area contributed by atoms with E-state index in [0.29, 0.717) is 0 Å². The van der Waals surface area contributed by atoms with E-state index >= 15 is 0 Å². The van der Waals surface area contributed by atoms with E-state index in [4.69, 9.17) is 0 Å². The van der Waals surface area contributed by atoms with Gasteiger partial charge in [-0.2, -0.15) is 0 Å². The number of nitrogens with zero attached hydrogens (tertiary/aromatic N) is 2. The molecule has 0 aliphatic heterocycles. The average molecular weight is 424 g/mol. The highest BCUT2D eigenvalue weighted by atomic mass is 16.2. The van der Waals surface area contributed by atoms with Gasteiger partial charge in [-0.05, 0) is 37.1 Å². The molecule has 6 heteroatoms. The summed E-state index contributed by atoms with van der Waals surface area (Å²) in [5, 5.41) is 0.637. The molecule has 5 rings (SSSR count). The van der Waals surface area contributed by atoms with Crippen LogP contribution < -0.4 is 22.2 Å². The van der Waals surface area contributed by atoms with Crippen molar-refractivity contribution in [2.75, 3.05) is 0 Å². The lowest BCUT2D eigenvalue weighted by atomic mass is 10.1. The van der Waals surface area contributed by atoms with Crippen molar-refractivity contribution in [3.63, 3.8) is 0 Å². The number of benzene rings is 3. The van der Waals surface area contributed by atoms with Crippen molar-refractivity contribution in [3.05, 3.63) is 125 Å². The fraction of sp³-hybridized carbons (Fsp3) is 0.154. The number of hydrogen-bond acceptors (Lipinski definition) is 4. The van der Waals surface area contributed by atoms with Crippen molar-refractivity contribution in [2.45, 2.75) is 25.9 Å². The van der Waals surface area contributed by atoms with E-state index < -0.39 is 34.3 Å². The fourth-order valence-corrected chi connectivity index (χ4v) is 4.48. The van der Waals surface area contributed by atoms with Crippen LogP contribution >= 0.6 is 0 Å². The first kappa shape index (κ1) is 19.9. The molecule has 3 aromatic carbocycles. The zero-order valence-electron chi connectivity index (χ0n) is 17.6. The second kappa shape index (κ2) is 7.27. The van der Waals surface area contributed by atoms with Crippen LogP contribution in [0, 0.1) is 0 Å². The highest BCUT2D eigenvalue weighted by molar-refractivity contribution is 5.97. The minimum Gasteiger partial charge on any atom is -0.269 e. The number of rotatable bonds is 4. The van der Waals surface area contributed by atoms with Crippen molar-refractivity contribution in [1.82, 2.24) is 9.13 Å². The van der Waals surface area contributed by atoms with Gasteiger partial charge in [0.15, 0.2) is 0 Å². The molecule has 0 amide bonds. The lowest BCUT2D eigenvalue weighted by Crippen LogP contribution is -2.29. The Labute approximate surface area is 182 Å². The molecule has 6 nitrogen and oxygen atoms in total. The van der Waals surface area contributed by atoms with Gasteiger partial charge < -0.3 is 0 Å². The largest absolute Gasteiger partial charge is 0.269 e. The third kappa shape index (κ3) is 2.80. The van der Waals surface area contributed by atoms with Crippen LogP contribution in [0.25, 0.3) is 21.5 Å². The molecule has 5 aromatic rings. The summed E-state index contributed by atoms with van der Waals surface area (Å²) >= 11 is 0. The molecule has 0 aliphatic carbocycles. The van der Waals surface area contributed by atoms with Crippen LogP contribution in [-0.2, 0) is 0 Å². The standard InChI is InChI=1S/C26H20N2O4/c1-15(17-9-5-3-6-10-17)27-23(29)19-13-21-22(14-20(19)24(27)30)26(32)28(25(21)31)16(2)18-11-7-4-8-12-18/h3-16H,1-2H3/t15-,16+. The second-order valence-electron chi connectivity index (χ2n) is 8.08. The summed E-state index contributed by atoms with van der Waals surface area (Å²) < 4.78 is 2.38. The minimum atomic E-state index is -0.473. The van der Waals surface area contributed by atoms with Gasteiger partial charge in [0.1, 0.15) is 0 Å². The minimum absolute atomic E-state index is 0.159. The van der Waals surface area contributed by atoms with E-state index in [0.717, 1.165) is 11.1 Å². The first-order valence-corrected chi connectivity index (χ1v) is 10.4. The smallest absolute Gasteiger partial charge is 0.262 e. The van der Waals surface area contributed by atoms with Gasteiger partial charge in [-0.25, -0.2) is 0 Å². The first-order valence-electron chi connectivity index (χ1n) is 10.4. The molecule has 2 heterocycles. The quantitative estimate of drug-likeness (QED) is 0.444. The van der Waals surface area contributed by atoms with Gasteiger partial charge in [0, 0.05) is 0 Å². The summed E-state index contributed by atoms with van der Waals surface area (Å²) in [6.07, 6.45) is 0. The van der Waals surface area contributed by atoms with Crippen LogP contribution in [0.3, 0.4) is 0 Å². The zero-order valence-corrected chi connectivity index (χ0v) is 17.6. The Morgan fingerprint density at radius 1 is 0.500 bits per heavy atom. The van der Waals surface area contributed by atoms with Gasteiger partial charge in [0.2, 0.25) is 0 Å². The maximum Gasteiger partial charge on any atom is 0.262 e. The van der Waals surface area contributed by atoms with Crippen molar-refractivity contribution in [1.29, 1.82) is 0 Å². The van der Waals surface area contributed by atoms with Gasteiger partial charge in [0.05, 0.1) is 33.6 Å². The number of fused-ring (bicyclic) bond motifs is 2. The summed E-state index contributed by atoms with van der Waals surface area (Å²) in [6.45, 7) is 3.56. The molecule has 158 valence electrons. The van der Waals surface area contributed by atoms with Gasteiger partial charge >= 0.3 is 0 Å². The molecule has 0 saturated heterocycles. The van der Waals surface area contributed by atoms with Crippen LogP contribution in [0.1, 0.15) is 37.1 Å². The lowest BCUT2D eigenvalue weighted by Gasteiger charge is -2.11. The molecular formula is C26H20N2O4. The third-order valence-electron chi connectivity index (χ3n) is 6.29. The van der Waals surface area contributed by atoms with Crippen molar-refractivity contribution in [3.8, 4) is 0 Å². The summed E-state index contributed by atoms with van der Waals surface area (Å²) in [5.41, 5.74) is -0.190.